The Bertz CT molecular complexity index is 543. The van der Waals surface area contributed by atoms with Gasteiger partial charge in [0.25, 0.3) is 0 Å². The molecule has 0 aliphatic heterocycles. The number of allylic oxidation sites excluding steroid dienone is 1. The number of benzene rings is 1. The lowest BCUT2D eigenvalue weighted by atomic mass is 9.77. The molecule has 0 heterocycles. The molecule has 0 saturated heterocycles. The number of hydrogen-bond donors (Lipinski definition) is 1. The SMILES string of the molecule is C=C(NC=NCC)C(=O)C1CCC(c2ccc(F)cc2)CC1. The first-order valence-corrected chi connectivity index (χ1v) is 7.85. The smallest absolute Gasteiger partial charge is 0.181 e. The van der Waals surface area contributed by atoms with Crippen molar-refractivity contribution >= 4 is 12.1 Å². The van der Waals surface area contributed by atoms with E-state index in [0.717, 1.165) is 25.7 Å². The number of ketones is 1. The van der Waals surface area contributed by atoms with Crippen molar-refractivity contribution in [1.29, 1.82) is 0 Å². The molecule has 0 unspecified atom stereocenters. The van der Waals surface area contributed by atoms with Gasteiger partial charge in [0, 0.05) is 12.5 Å². The van der Waals surface area contributed by atoms with E-state index in [1.807, 2.05) is 19.1 Å². The van der Waals surface area contributed by atoms with Gasteiger partial charge in [-0.2, -0.15) is 0 Å². The number of hydrogen-bond acceptors (Lipinski definition) is 2. The summed E-state index contributed by atoms with van der Waals surface area (Å²) < 4.78 is 13.0. The zero-order valence-electron chi connectivity index (χ0n) is 13.0. The van der Waals surface area contributed by atoms with Crippen LogP contribution in [0.2, 0.25) is 0 Å². The van der Waals surface area contributed by atoms with E-state index in [0.29, 0.717) is 18.2 Å². The highest BCUT2D eigenvalue weighted by Gasteiger charge is 2.28. The number of carbonyl (C=O) groups excluding carboxylic acids is 1. The number of carbonyl (C=O) groups is 1. The Morgan fingerprint density at radius 2 is 1.95 bits per heavy atom. The molecule has 0 bridgehead atoms. The normalized spacial score (nSPS) is 21.7. The van der Waals surface area contributed by atoms with Crippen molar-refractivity contribution in [3.8, 4) is 0 Å². The second-order valence-electron chi connectivity index (χ2n) is 5.72. The van der Waals surface area contributed by atoms with E-state index >= 15 is 0 Å². The average molecular weight is 302 g/mol. The number of aliphatic imine (C=N–C) groups is 1. The van der Waals surface area contributed by atoms with Crippen molar-refractivity contribution in [3.05, 3.63) is 47.9 Å². The van der Waals surface area contributed by atoms with E-state index in [4.69, 9.17) is 0 Å². The minimum atomic E-state index is -0.205. The Balaban J connectivity index is 1.86. The minimum Gasteiger partial charge on any atom is -0.344 e. The highest BCUT2D eigenvalue weighted by molar-refractivity contribution is 5.98. The molecule has 1 aliphatic carbocycles. The van der Waals surface area contributed by atoms with Crippen LogP contribution in [0.5, 0.6) is 0 Å². The van der Waals surface area contributed by atoms with Crippen molar-refractivity contribution in [3.63, 3.8) is 0 Å². The molecule has 1 aromatic carbocycles. The zero-order valence-corrected chi connectivity index (χ0v) is 13.0. The van der Waals surface area contributed by atoms with Gasteiger partial charge in [0.2, 0.25) is 0 Å². The van der Waals surface area contributed by atoms with Gasteiger partial charge >= 0.3 is 0 Å². The van der Waals surface area contributed by atoms with Crippen LogP contribution in [-0.4, -0.2) is 18.7 Å². The van der Waals surface area contributed by atoms with Crippen molar-refractivity contribution < 1.29 is 9.18 Å². The van der Waals surface area contributed by atoms with Gasteiger partial charge in [-0.15, -0.1) is 0 Å². The quantitative estimate of drug-likeness (QED) is 0.493. The van der Waals surface area contributed by atoms with Crippen molar-refractivity contribution in [1.82, 2.24) is 5.32 Å². The molecule has 1 aliphatic rings. The van der Waals surface area contributed by atoms with Gasteiger partial charge in [-0.1, -0.05) is 18.7 Å². The standard InChI is InChI=1S/C18H23FN2O/c1-3-20-12-21-13(2)18(22)16-6-4-14(5-7-16)15-8-10-17(19)11-9-15/h8-12,14,16H,2-7H2,1H3,(H,20,21). The van der Waals surface area contributed by atoms with Crippen LogP contribution in [0.15, 0.2) is 41.5 Å². The van der Waals surface area contributed by atoms with Crippen LogP contribution < -0.4 is 5.32 Å². The molecular weight excluding hydrogens is 279 g/mol. The Morgan fingerprint density at radius 3 is 2.55 bits per heavy atom. The van der Waals surface area contributed by atoms with Gasteiger partial charge in [0.1, 0.15) is 5.82 Å². The van der Waals surface area contributed by atoms with Crippen LogP contribution in [0.25, 0.3) is 0 Å². The number of nitrogens with zero attached hydrogens (tertiary/aromatic N) is 1. The molecule has 118 valence electrons. The molecule has 3 nitrogen and oxygen atoms in total. The van der Waals surface area contributed by atoms with Crippen molar-refractivity contribution in [2.24, 2.45) is 10.9 Å². The van der Waals surface area contributed by atoms with Crippen LogP contribution in [0.3, 0.4) is 0 Å². The van der Waals surface area contributed by atoms with Gasteiger partial charge in [0.15, 0.2) is 5.78 Å². The molecule has 0 atom stereocenters. The Kier molecular flexibility index (Phi) is 5.87. The van der Waals surface area contributed by atoms with E-state index in [2.05, 4.69) is 16.9 Å². The fourth-order valence-electron chi connectivity index (χ4n) is 2.96. The molecule has 1 N–H and O–H groups in total. The van der Waals surface area contributed by atoms with E-state index < -0.39 is 0 Å². The molecule has 1 saturated carbocycles. The fourth-order valence-corrected chi connectivity index (χ4v) is 2.96. The van der Waals surface area contributed by atoms with Gasteiger partial charge < -0.3 is 5.32 Å². The van der Waals surface area contributed by atoms with E-state index in [-0.39, 0.29) is 17.5 Å². The number of halogens is 1. The Hall–Kier alpha value is -1.97. The molecule has 0 amide bonds. The molecule has 4 heteroatoms. The summed E-state index contributed by atoms with van der Waals surface area (Å²) in [4.78, 5) is 16.3. The fraction of sp³-hybridized carbons (Fsp3) is 0.444. The second-order valence-corrected chi connectivity index (χ2v) is 5.72. The van der Waals surface area contributed by atoms with Crippen molar-refractivity contribution in [2.75, 3.05) is 6.54 Å². The third kappa shape index (κ3) is 4.26. The third-order valence-corrected chi connectivity index (χ3v) is 4.25. The highest BCUT2D eigenvalue weighted by Crippen LogP contribution is 2.36. The molecule has 0 spiro atoms. The van der Waals surface area contributed by atoms with Gasteiger partial charge in [-0.25, -0.2) is 4.39 Å². The lowest BCUT2D eigenvalue weighted by Crippen LogP contribution is -2.27. The van der Waals surface area contributed by atoms with Gasteiger partial charge in [-0.3, -0.25) is 9.79 Å². The highest BCUT2D eigenvalue weighted by atomic mass is 19.1. The maximum atomic E-state index is 13.0. The zero-order chi connectivity index (χ0) is 15.9. The summed E-state index contributed by atoms with van der Waals surface area (Å²) in [7, 11) is 0. The predicted octanol–water partition coefficient (Wildman–Crippen LogP) is 3.82. The maximum Gasteiger partial charge on any atom is 0.181 e. The van der Waals surface area contributed by atoms with Crippen LogP contribution in [0.1, 0.15) is 44.1 Å². The summed E-state index contributed by atoms with van der Waals surface area (Å²) in [6.45, 7) is 6.40. The summed E-state index contributed by atoms with van der Waals surface area (Å²) in [5, 5.41) is 2.85. The largest absolute Gasteiger partial charge is 0.344 e. The Labute approximate surface area is 131 Å². The molecule has 0 radical (unpaired) electrons. The predicted molar refractivity (Wildman–Crippen MR) is 87.4 cm³/mol. The molecular formula is C18H23FN2O. The molecule has 1 aromatic rings. The molecule has 2 rings (SSSR count). The van der Waals surface area contributed by atoms with E-state index in [9.17, 15) is 9.18 Å². The lowest BCUT2D eigenvalue weighted by Gasteiger charge is -2.28. The van der Waals surface area contributed by atoms with E-state index in [1.54, 1.807) is 0 Å². The third-order valence-electron chi connectivity index (χ3n) is 4.25. The maximum absolute atomic E-state index is 13.0. The summed E-state index contributed by atoms with van der Waals surface area (Å²) in [6.07, 6.45) is 5.15. The second kappa shape index (κ2) is 7.87. The Morgan fingerprint density at radius 1 is 1.32 bits per heavy atom. The first-order chi connectivity index (χ1) is 10.6. The molecule has 1 fully saturated rings. The summed E-state index contributed by atoms with van der Waals surface area (Å²) in [6, 6.07) is 6.71. The molecule has 0 aromatic heterocycles. The summed E-state index contributed by atoms with van der Waals surface area (Å²) in [5.74, 6) is 0.336. The first-order valence-electron chi connectivity index (χ1n) is 7.85. The molecule has 22 heavy (non-hydrogen) atoms. The number of nitrogens with one attached hydrogen (secondary N) is 1. The summed E-state index contributed by atoms with van der Waals surface area (Å²) in [5.41, 5.74) is 1.58. The van der Waals surface area contributed by atoms with Crippen LogP contribution in [-0.2, 0) is 4.79 Å². The average Bonchev–Trinajstić information content (AvgIpc) is 2.55. The van der Waals surface area contributed by atoms with Gasteiger partial charge in [-0.05, 0) is 56.2 Å². The van der Waals surface area contributed by atoms with Crippen LogP contribution >= 0.6 is 0 Å². The van der Waals surface area contributed by atoms with Crippen LogP contribution in [0, 0.1) is 11.7 Å². The van der Waals surface area contributed by atoms with E-state index in [1.165, 1.54) is 24.0 Å². The number of rotatable bonds is 6. The first kappa shape index (κ1) is 16.4. The summed E-state index contributed by atoms with van der Waals surface area (Å²) >= 11 is 0. The monoisotopic (exact) mass is 302 g/mol. The van der Waals surface area contributed by atoms with Crippen molar-refractivity contribution in [2.45, 2.75) is 38.5 Å². The minimum absolute atomic E-state index is 0.0340. The van der Waals surface area contributed by atoms with Gasteiger partial charge in [0.05, 0.1) is 12.0 Å². The number of Topliss-reactive ketones (excluding diaryl/α,β-unsaturated/α-hetero) is 1. The van der Waals surface area contributed by atoms with Crippen LogP contribution in [0.4, 0.5) is 4.39 Å². The topological polar surface area (TPSA) is 41.5 Å². The lowest BCUT2D eigenvalue weighted by molar-refractivity contribution is -0.120.